The normalized spacial score (nSPS) is 18.7. The summed E-state index contributed by atoms with van der Waals surface area (Å²) in [6, 6.07) is 23.2. The van der Waals surface area contributed by atoms with Gasteiger partial charge in [-0.25, -0.2) is 29.0 Å². The van der Waals surface area contributed by atoms with Gasteiger partial charge in [0, 0.05) is 69.0 Å². The van der Waals surface area contributed by atoms with Crippen LogP contribution in [0.15, 0.2) is 79.1 Å². The number of halogens is 9. The first-order chi connectivity index (χ1) is 37.1. The Labute approximate surface area is 440 Å². The van der Waals surface area contributed by atoms with Crippen molar-refractivity contribution in [3.05, 3.63) is 90.3 Å². The third kappa shape index (κ3) is 13.8. The number of carboxylic acid groups (broad SMARTS) is 3. The summed E-state index contributed by atoms with van der Waals surface area (Å²) < 4.78 is 103. The van der Waals surface area contributed by atoms with Crippen LogP contribution >= 0.6 is 0 Å². The topological polar surface area (TPSA) is 284 Å². The molecule has 422 valence electrons. The fourth-order valence-corrected chi connectivity index (χ4v) is 9.42. The molecule has 4 fully saturated rings. The van der Waals surface area contributed by atoms with E-state index in [4.69, 9.17) is 45.3 Å². The van der Waals surface area contributed by atoms with E-state index >= 15 is 0 Å². The van der Waals surface area contributed by atoms with E-state index in [-0.39, 0.29) is 24.8 Å². The molecule has 5 aliphatic rings. The number of ether oxygens (including phenoxy) is 1. The van der Waals surface area contributed by atoms with Gasteiger partial charge >= 0.3 is 36.4 Å². The Hall–Kier alpha value is -8.41. The highest BCUT2D eigenvalue weighted by Gasteiger charge is 2.46. The molecule has 0 bridgehead atoms. The maximum Gasteiger partial charge on any atom is 0.490 e. The molecule has 0 radical (unpaired) electrons. The lowest BCUT2D eigenvalue weighted by Crippen LogP contribution is -2.62. The number of nitrogens with zero attached hydrogens (tertiary/aromatic N) is 8. The lowest BCUT2D eigenvalue weighted by atomic mass is 9.95. The molecule has 21 nitrogen and oxygen atoms in total. The Bertz CT molecular complexity index is 3030. The van der Waals surface area contributed by atoms with Gasteiger partial charge in [-0.05, 0) is 86.7 Å². The first-order valence-corrected chi connectivity index (χ1v) is 23.9. The highest BCUT2D eigenvalue weighted by molar-refractivity contribution is 6.23. The number of carbonyl (C=O) groups excluding carboxylic acids is 4. The Morgan fingerprint density at radius 2 is 1.14 bits per heavy atom. The summed E-state index contributed by atoms with van der Waals surface area (Å²) in [6.45, 7) is 5.78. The van der Waals surface area contributed by atoms with Crippen molar-refractivity contribution in [2.45, 2.75) is 81.2 Å². The Morgan fingerprint density at radius 3 is 1.67 bits per heavy atom. The van der Waals surface area contributed by atoms with Crippen LogP contribution < -0.4 is 20.7 Å². The number of nitrogens with one attached hydrogen (secondary N) is 1. The van der Waals surface area contributed by atoms with E-state index in [1.165, 1.54) is 6.33 Å². The minimum atomic E-state index is -5.08. The van der Waals surface area contributed by atoms with Gasteiger partial charge in [0.05, 0.1) is 22.6 Å². The molecule has 0 aliphatic carbocycles. The van der Waals surface area contributed by atoms with Crippen LogP contribution in [0, 0.1) is 0 Å². The number of aliphatic carboxylic acids is 3. The number of benzene rings is 3. The molecule has 5 aliphatic heterocycles. The molecule has 3 aromatic carbocycles. The van der Waals surface area contributed by atoms with Crippen molar-refractivity contribution >= 4 is 64.1 Å². The molecule has 7 heterocycles. The summed E-state index contributed by atoms with van der Waals surface area (Å²) in [4.78, 5) is 94.7. The summed E-state index contributed by atoms with van der Waals surface area (Å²) in [5, 5.41) is 29.5. The number of nitrogens with two attached hydrogens (primary N) is 1. The molecule has 2 aromatic heterocycles. The largest absolute Gasteiger partial charge is 0.490 e. The van der Waals surface area contributed by atoms with Crippen LogP contribution in [-0.4, -0.2) is 167 Å². The van der Waals surface area contributed by atoms with E-state index < -0.39 is 60.2 Å². The van der Waals surface area contributed by atoms with Crippen molar-refractivity contribution < 1.29 is 93.1 Å². The summed E-state index contributed by atoms with van der Waals surface area (Å²) in [6.07, 6.45) is -9.30. The highest BCUT2D eigenvalue weighted by atomic mass is 19.4. The van der Waals surface area contributed by atoms with Gasteiger partial charge in [0.1, 0.15) is 35.4 Å². The number of para-hydroxylation sites is 1. The molecule has 1 atom stereocenters. The molecule has 4 amide bonds. The minimum Gasteiger partial charge on any atom is -0.475 e. The number of anilines is 2. The third-order valence-corrected chi connectivity index (χ3v) is 13.4. The smallest absolute Gasteiger partial charge is 0.475 e. The summed E-state index contributed by atoms with van der Waals surface area (Å²) in [5.74, 6) is -8.27. The Balaban J connectivity index is 0.000000366. The zero-order chi connectivity index (χ0) is 57.7. The number of likely N-dealkylation sites (tertiary alicyclic amines) is 2. The Morgan fingerprint density at radius 1 is 0.633 bits per heavy atom. The number of carboxylic acids is 3. The van der Waals surface area contributed by atoms with Crippen molar-refractivity contribution in [2.24, 2.45) is 0 Å². The van der Waals surface area contributed by atoms with Crippen molar-refractivity contribution in [1.82, 2.24) is 39.8 Å². The fourth-order valence-electron chi connectivity index (χ4n) is 9.42. The molecule has 5 aromatic rings. The first-order valence-electron chi connectivity index (χ1n) is 23.9. The molecule has 0 saturated carbocycles. The van der Waals surface area contributed by atoms with Crippen LogP contribution in [0.25, 0.3) is 22.3 Å². The molecular weight excluding hydrogens is 1080 g/mol. The van der Waals surface area contributed by atoms with E-state index in [1.54, 1.807) is 12.1 Å². The monoisotopic (exact) mass is 1120 g/mol. The zero-order valence-corrected chi connectivity index (χ0v) is 41.0. The molecule has 10 rings (SSSR count). The van der Waals surface area contributed by atoms with Gasteiger partial charge in [-0.15, -0.1) is 0 Å². The second kappa shape index (κ2) is 23.7. The molecule has 79 heavy (non-hydrogen) atoms. The molecule has 6 N–H and O–H groups in total. The van der Waals surface area contributed by atoms with Crippen LogP contribution in [-0.2, 0) is 24.0 Å². The predicted molar refractivity (Wildman–Crippen MR) is 256 cm³/mol. The van der Waals surface area contributed by atoms with Gasteiger partial charge in [0.25, 0.3) is 11.8 Å². The van der Waals surface area contributed by atoms with E-state index in [9.17, 15) is 58.7 Å². The molecule has 30 heteroatoms. The van der Waals surface area contributed by atoms with Crippen LogP contribution in [0.5, 0.6) is 11.5 Å². The third-order valence-electron chi connectivity index (χ3n) is 13.4. The molecule has 0 spiro atoms. The van der Waals surface area contributed by atoms with E-state index in [1.807, 2.05) is 60.7 Å². The maximum absolute atomic E-state index is 13.3. The summed E-state index contributed by atoms with van der Waals surface area (Å²) >= 11 is 0. The van der Waals surface area contributed by atoms with Gasteiger partial charge in [-0.1, -0.05) is 18.2 Å². The average molecular weight is 1120 g/mol. The lowest BCUT2D eigenvalue weighted by molar-refractivity contribution is -0.193. The number of hydrogen-bond acceptors (Lipinski definition) is 15. The zero-order valence-electron chi connectivity index (χ0n) is 41.0. The Kier molecular flexibility index (Phi) is 17.5. The summed E-state index contributed by atoms with van der Waals surface area (Å²) in [7, 11) is 0. The number of fused-ring (bicyclic) bond motifs is 2. The van der Waals surface area contributed by atoms with Gasteiger partial charge in [0.2, 0.25) is 11.8 Å². The number of imide groups is 2. The molecule has 1 unspecified atom stereocenters. The number of piperidine rings is 3. The van der Waals surface area contributed by atoms with E-state index in [2.05, 4.69) is 34.7 Å². The average Bonchev–Trinajstić information content (AvgIpc) is 4.13. The second-order valence-corrected chi connectivity index (χ2v) is 18.4. The number of amides is 4. The standard InChI is InChI=1S/C43H44N10O5.3C2HF3O2/c44-39-37-38(26-6-9-32(10-7-26)58-31-4-2-1-3-5-31)48-53(40(37)46-25-45-39)28-16-20-49(21-17-28)27-14-18-50(19-15-27)30-23-51(24-30)29-8-11-33-34(22-29)43(57)52(42(33)56)35-12-13-36(54)47-41(35)55;3*3-2(4,5)1(6)7/h1-11,22,25,27-28,30,35H,12-21,23-24H2,(H2,44,45,46)(H,47,54,55);3*(H,6,7). The quantitative estimate of drug-likeness (QED) is 0.0859. The van der Waals surface area contributed by atoms with Crippen molar-refractivity contribution in [3.8, 4) is 22.8 Å². The second-order valence-electron chi connectivity index (χ2n) is 18.4. The number of alkyl halides is 9. The number of rotatable bonds is 8. The van der Waals surface area contributed by atoms with Crippen molar-refractivity contribution in [1.29, 1.82) is 0 Å². The van der Waals surface area contributed by atoms with Gasteiger partial charge < -0.3 is 35.6 Å². The number of nitrogen functional groups attached to an aromatic ring is 1. The minimum absolute atomic E-state index is 0.0983. The van der Waals surface area contributed by atoms with Gasteiger partial charge in [-0.3, -0.25) is 34.3 Å². The van der Waals surface area contributed by atoms with Gasteiger partial charge in [-0.2, -0.15) is 44.6 Å². The lowest BCUT2D eigenvalue weighted by Gasteiger charge is -2.50. The van der Waals surface area contributed by atoms with Crippen LogP contribution in [0.3, 0.4) is 0 Å². The number of carbonyl (C=O) groups is 7. The van der Waals surface area contributed by atoms with E-state index in [0.29, 0.717) is 29.0 Å². The SMILES string of the molecule is Nc1ncnc2c1c(-c1ccc(Oc3ccccc3)cc1)nn2C1CCN(C2CCN(C3CN(c4ccc5c(c4)C(=O)N(C4CCC(=O)NC4=O)C5=O)C3)CC2)CC1.O=C(O)C(F)(F)F.O=C(O)C(F)(F)F.O=C(O)C(F)(F)F. The summed E-state index contributed by atoms with van der Waals surface area (Å²) in [5.41, 5.74) is 10.4. The number of aromatic nitrogens is 4. The van der Waals surface area contributed by atoms with Crippen LogP contribution in [0.4, 0.5) is 51.0 Å². The maximum atomic E-state index is 13.3. The fraction of sp³-hybridized carbons (Fsp3) is 0.388. The molecular formula is C49H47F9N10O11. The molecule has 4 saturated heterocycles. The highest BCUT2D eigenvalue weighted by Crippen LogP contribution is 2.37. The number of hydrogen-bond donors (Lipinski definition) is 5. The van der Waals surface area contributed by atoms with E-state index in [0.717, 1.165) is 109 Å². The first kappa shape index (κ1) is 58.3. The van der Waals surface area contributed by atoms with Crippen LogP contribution in [0.2, 0.25) is 0 Å². The van der Waals surface area contributed by atoms with Crippen molar-refractivity contribution in [3.63, 3.8) is 0 Å². The predicted octanol–water partition coefficient (Wildman–Crippen LogP) is 6.16. The van der Waals surface area contributed by atoms with Crippen LogP contribution in [0.1, 0.15) is 65.3 Å². The van der Waals surface area contributed by atoms with Crippen molar-refractivity contribution in [2.75, 3.05) is 49.9 Å². The van der Waals surface area contributed by atoms with Gasteiger partial charge in [0.15, 0.2) is 5.65 Å².